The number of nitrogens with zero attached hydrogens (tertiary/aromatic N) is 6. The Morgan fingerprint density at radius 2 is 1.85 bits per heavy atom. The van der Waals surface area contributed by atoms with Gasteiger partial charge in [0.2, 0.25) is 6.33 Å². The summed E-state index contributed by atoms with van der Waals surface area (Å²) in [5.41, 5.74) is -2.44. The highest BCUT2D eigenvalue weighted by Gasteiger charge is 2.32. The van der Waals surface area contributed by atoms with Crippen molar-refractivity contribution >= 4 is 11.7 Å². The maximum Gasteiger partial charge on any atom is 0.573 e. The van der Waals surface area contributed by atoms with Crippen molar-refractivity contribution < 1.29 is 27.1 Å². The maximum atomic E-state index is 14.4. The van der Waals surface area contributed by atoms with Crippen LogP contribution in [0.3, 0.4) is 0 Å². The molecule has 9 nitrogen and oxygen atoms in total. The second-order valence-electron chi connectivity index (χ2n) is 7.34. The number of aromatic nitrogens is 5. The Morgan fingerprint density at radius 1 is 1.12 bits per heavy atom. The van der Waals surface area contributed by atoms with Crippen LogP contribution in [0.4, 0.5) is 23.4 Å². The zero-order valence-corrected chi connectivity index (χ0v) is 17.6. The predicted molar refractivity (Wildman–Crippen MR) is 106 cm³/mol. The number of hydrogen-bond acceptors (Lipinski definition) is 6. The van der Waals surface area contributed by atoms with Gasteiger partial charge >= 0.3 is 6.36 Å². The van der Waals surface area contributed by atoms with Gasteiger partial charge in [0, 0.05) is 11.6 Å². The molecule has 1 amide bonds. The number of alkyl halides is 4. The molecule has 1 N–H and O–H groups in total. The number of carbonyl (C=O) groups is 1. The molecular weight excluding hydrogens is 446 g/mol. The molecule has 0 radical (unpaired) electrons. The Labute approximate surface area is 185 Å². The van der Waals surface area contributed by atoms with E-state index in [1.807, 2.05) is 0 Å². The SMILES string of the molecule is [C-]#[N+]c1cc(-n2ncnc2[C@H](C)NC(=O)c2cc(OC(F)(F)F)cc(C(C)(C)F)c2)ncn1. The van der Waals surface area contributed by atoms with Gasteiger partial charge < -0.3 is 14.9 Å². The van der Waals surface area contributed by atoms with Crippen LogP contribution in [0.2, 0.25) is 0 Å². The van der Waals surface area contributed by atoms with Gasteiger partial charge in [-0.15, -0.1) is 18.2 Å². The number of ether oxygens (including phenoxy) is 1. The molecule has 2 aromatic heterocycles. The van der Waals surface area contributed by atoms with Gasteiger partial charge in [0.05, 0.1) is 6.04 Å². The number of halogens is 4. The topological polar surface area (TPSA) is 99.2 Å². The first-order chi connectivity index (χ1) is 15.4. The molecule has 0 bridgehead atoms. The van der Waals surface area contributed by atoms with Crippen LogP contribution in [0.5, 0.6) is 5.75 Å². The third kappa shape index (κ3) is 5.79. The number of carbonyl (C=O) groups excluding carboxylic acids is 1. The van der Waals surface area contributed by atoms with Gasteiger partial charge in [0.25, 0.3) is 11.7 Å². The van der Waals surface area contributed by atoms with Crippen LogP contribution in [0.15, 0.2) is 36.9 Å². The minimum absolute atomic E-state index is 0.0704. The molecule has 3 aromatic rings. The molecule has 0 saturated carbocycles. The van der Waals surface area contributed by atoms with Crippen molar-refractivity contribution in [1.82, 2.24) is 30.0 Å². The van der Waals surface area contributed by atoms with E-state index in [4.69, 9.17) is 6.57 Å². The molecule has 2 heterocycles. The predicted octanol–water partition coefficient (Wildman–Crippen LogP) is 4.20. The lowest BCUT2D eigenvalue weighted by Crippen LogP contribution is -2.29. The van der Waals surface area contributed by atoms with E-state index in [1.165, 1.54) is 23.4 Å². The summed E-state index contributed by atoms with van der Waals surface area (Å²) in [6.45, 7) is 10.9. The summed E-state index contributed by atoms with van der Waals surface area (Å²) in [7, 11) is 0. The lowest BCUT2D eigenvalue weighted by molar-refractivity contribution is -0.274. The number of nitrogens with one attached hydrogen (secondary N) is 1. The van der Waals surface area contributed by atoms with E-state index in [-0.39, 0.29) is 28.6 Å². The average molecular weight is 463 g/mol. The highest BCUT2D eigenvalue weighted by Crippen LogP contribution is 2.32. The summed E-state index contributed by atoms with van der Waals surface area (Å²) in [5, 5.41) is 6.61. The van der Waals surface area contributed by atoms with Gasteiger partial charge in [-0.05, 0) is 44.5 Å². The Morgan fingerprint density at radius 3 is 2.48 bits per heavy atom. The molecular formula is C20H17F4N7O2. The van der Waals surface area contributed by atoms with Gasteiger partial charge in [-0.1, -0.05) is 6.57 Å². The summed E-state index contributed by atoms with van der Waals surface area (Å²) in [6.07, 6.45) is -2.64. The first-order valence-corrected chi connectivity index (χ1v) is 9.38. The Balaban J connectivity index is 1.90. The van der Waals surface area contributed by atoms with Crippen LogP contribution in [-0.4, -0.2) is 37.0 Å². The molecule has 0 fully saturated rings. The Kier molecular flexibility index (Phi) is 6.30. The minimum Gasteiger partial charge on any atom is -0.406 e. The van der Waals surface area contributed by atoms with E-state index in [0.29, 0.717) is 0 Å². The molecule has 0 aliphatic rings. The number of amides is 1. The first kappa shape index (κ1) is 23.6. The van der Waals surface area contributed by atoms with E-state index in [1.54, 1.807) is 6.92 Å². The van der Waals surface area contributed by atoms with Crippen LogP contribution in [0, 0.1) is 6.57 Å². The quantitative estimate of drug-likeness (QED) is 0.435. The number of benzene rings is 1. The fourth-order valence-electron chi connectivity index (χ4n) is 2.85. The van der Waals surface area contributed by atoms with E-state index in [9.17, 15) is 22.4 Å². The van der Waals surface area contributed by atoms with Crippen molar-refractivity contribution in [3.05, 3.63) is 65.3 Å². The Bertz CT molecular complexity index is 1210. The molecule has 33 heavy (non-hydrogen) atoms. The van der Waals surface area contributed by atoms with Crippen LogP contribution in [0.25, 0.3) is 10.7 Å². The van der Waals surface area contributed by atoms with Crippen molar-refractivity contribution in [3.63, 3.8) is 0 Å². The summed E-state index contributed by atoms with van der Waals surface area (Å²) >= 11 is 0. The van der Waals surface area contributed by atoms with Crippen LogP contribution < -0.4 is 10.1 Å². The van der Waals surface area contributed by atoms with Crippen molar-refractivity contribution in [1.29, 1.82) is 0 Å². The van der Waals surface area contributed by atoms with Gasteiger partial charge in [-0.25, -0.2) is 9.37 Å². The molecule has 172 valence electrons. The number of rotatable bonds is 6. The maximum absolute atomic E-state index is 14.4. The molecule has 3 rings (SSSR count). The molecule has 0 saturated heterocycles. The average Bonchev–Trinajstić information content (AvgIpc) is 3.21. The highest BCUT2D eigenvalue weighted by atomic mass is 19.4. The van der Waals surface area contributed by atoms with E-state index >= 15 is 0 Å². The largest absolute Gasteiger partial charge is 0.573 e. The third-order valence-corrected chi connectivity index (χ3v) is 4.37. The summed E-state index contributed by atoms with van der Waals surface area (Å²) in [5.74, 6) is -0.988. The second kappa shape index (κ2) is 8.81. The molecule has 0 aliphatic heterocycles. The van der Waals surface area contributed by atoms with Gasteiger partial charge in [-0.2, -0.15) is 14.8 Å². The number of hydrogen-bond donors (Lipinski definition) is 1. The van der Waals surface area contributed by atoms with Gasteiger partial charge in [0.1, 0.15) is 17.7 Å². The normalized spacial score (nSPS) is 12.7. The highest BCUT2D eigenvalue weighted by molar-refractivity contribution is 5.95. The van der Waals surface area contributed by atoms with E-state index in [2.05, 4.69) is 34.9 Å². The standard InChI is InChI=1S/C20H17F4N7O2/c1-11(17-28-10-29-31(17)16-8-15(25-4)26-9-27-16)30-18(32)12-5-13(19(2,3)21)7-14(6-12)33-20(22,23)24/h5-11H,1-3H3,(H,30,32)/t11-/m0/s1. The summed E-state index contributed by atoms with van der Waals surface area (Å²) < 4.78 is 57.7. The van der Waals surface area contributed by atoms with Crippen LogP contribution in [-0.2, 0) is 5.67 Å². The molecule has 0 aliphatic carbocycles. The summed E-state index contributed by atoms with van der Waals surface area (Å²) in [6, 6.07) is 3.46. The molecule has 1 aromatic carbocycles. The van der Waals surface area contributed by atoms with Crippen molar-refractivity contribution in [2.45, 2.75) is 38.8 Å². The third-order valence-electron chi connectivity index (χ3n) is 4.37. The second-order valence-corrected chi connectivity index (χ2v) is 7.34. The van der Waals surface area contributed by atoms with E-state index in [0.717, 1.165) is 32.0 Å². The lowest BCUT2D eigenvalue weighted by Gasteiger charge is -2.19. The first-order valence-electron chi connectivity index (χ1n) is 9.38. The fourth-order valence-corrected chi connectivity index (χ4v) is 2.85. The lowest BCUT2D eigenvalue weighted by atomic mass is 9.97. The van der Waals surface area contributed by atoms with Crippen LogP contribution >= 0.6 is 0 Å². The zero-order chi connectivity index (χ0) is 24.4. The minimum atomic E-state index is -5.02. The van der Waals surface area contributed by atoms with Crippen molar-refractivity contribution in [2.24, 2.45) is 0 Å². The zero-order valence-electron chi connectivity index (χ0n) is 17.6. The molecule has 0 spiro atoms. The molecule has 0 unspecified atom stereocenters. The smallest absolute Gasteiger partial charge is 0.406 e. The summed E-state index contributed by atoms with van der Waals surface area (Å²) in [4.78, 5) is 27.9. The van der Waals surface area contributed by atoms with Crippen molar-refractivity contribution in [3.8, 4) is 11.6 Å². The fraction of sp³-hybridized carbons (Fsp3) is 0.300. The van der Waals surface area contributed by atoms with Gasteiger partial charge in [0.15, 0.2) is 11.6 Å². The van der Waals surface area contributed by atoms with Gasteiger partial charge in [-0.3, -0.25) is 4.79 Å². The van der Waals surface area contributed by atoms with E-state index < -0.39 is 29.7 Å². The van der Waals surface area contributed by atoms with Crippen molar-refractivity contribution in [2.75, 3.05) is 0 Å². The molecule has 1 atom stereocenters. The Hall–Kier alpha value is -4.08. The monoisotopic (exact) mass is 463 g/mol. The molecule has 13 heteroatoms. The van der Waals surface area contributed by atoms with Crippen LogP contribution in [0.1, 0.15) is 48.6 Å².